The molecule has 1 atom stereocenters. The number of unbranched alkanes of at least 4 members (excludes halogenated alkanes) is 5. The molecule has 0 heterocycles. The van der Waals surface area contributed by atoms with Gasteiger partial charge in [0.25, 0.3) is 0 Å². The molecule has 0 spiro atoms. The molecule has 0 amide bonds. The Bertz CT molecular complexity index is 144. The maximum atomic E-state index is 3.69. The van der Waals surface area contributed by atoms with E-state index in [-0.39, 0.29) is 0 Å². The van der Waals surface area contributed by atoms with Gasteiger partial charge in [-0.2, -0.15) is 0 Å². The van der Waals surface area contributed by atoms with E-state index in [1.54, 1.807) is 0 Å². The molecule has 0 rings (SSSR count). The highest BCUT2D eigenvalue weighted by Gasteiger charge is 2.21. The highest BCUT2D eigenvalue weighted by atomic mass is 14.9. The van der Waals surface area contributed by atoms with Crippen LogP contribution in [0.5, 0.6) is 0 Å². The van der Waals surface area contributed by atoms with Gasteiger partial charge in [0.1, 0.15) is 0 Å². The van der Waals surface area contributed by atoms with Crippen molar-refractivity contribution in [2.45, 2.75) is 91.0 Å². The Balaban J connectivity index is 3.81. The summed E-state index contributed by atoms with van der Waals surface area (Å²) in [5.41, 5.74) is 0.400. The highest BCUT2D eigenvalue weighted by molar-refractivity contribution is 4.82. The molecule has 0 fully saturated rings. The SMILES string of the molecule is CCCCCCC(C)(CCCCC)NCC. The molecule has 0 aliphatic rings. The van der Waals surface area contributed by atoms with Gasteiger partial charge in [0.05, 0.1) is 0 Å². The summed E-state index contributed by atoms with van der Waals surface area (Å²) in [6.07, 6.45) is 12.3. The van der Waals surface area contributed by atoms with Crippen LogP contribution >= 0.6 is 0 Å². The molecular weight excluding hydrogens is 194 g/mol. The predicted octanol–water partition coefficient (Wildman–Crippen LogP) is 4.91. The van der Waals surface area contributed by atoms with Crippen LogP contribution in [0.1, 0.15) is 85.5 Å². The molecule has 0 saturated heterocycles. The molecule has 0 aromatic heterocycles. The van der Waals surface area contributed by atoms with Crippen LogP contribution in [0, 0.1) is 0 Å². The van der Waals surface area contributed by atoms with Crippen molar-refractivity contribution in [3.05, 3.63) is 0 Å². The Morgan fingerprint density at radius 3 is 1.75 bits per heavy atom. The fourth-order valence-corrected chi connectivity index (χ4v) is 2.44. The normalized spacial score (nSPS) is 15.0. The number of rotatable bonds is 11. The van der Waals surface area contributed by atoms with Crippen LogP contribution in [-0.4, -0.2) is 12.1 Å². The van der Waals surface area contributed by atoms with E-state index in [1.807, 2.05) is 0 Å². The monoisotopic (exact) mass is 227 g/mol. The van der Waals surface area contributed by atoms with Crippen LogP contribution in [0.4, 0.5) is 0 Å². The first kappa shape index (κ1) is 16.0. The van der Waals surface area contributed by atoms with Gasteiger partial charge in [-0.1, -0.05) is 65.7 Å². The van der Waals surface area contributed by atoms with E-state index in [2.05, 4.69) is 33.0 Å². The summed E-state index contributed by atoms with van der Waals surface area (Å²) in [6, 6.07) is 0. The van der Waals surface area contributed by atoms with E-state index in [0.717, 1.165) is 6.54 Å². The van der Waals surface area contributed by atoms with Crippen LogP contribution in [0.25, 0.3) is 0 Å². The van der Waals surface area contributed by atoms with Gasteiger partial charge in [-0.3, -0.25) is 0 Å². The molecule has 1 nitrogen and oxygen atoms in total. The van der Waals surface area contributed by atoms with Gasteiger partial charge in [-0.25, -0.2) is 0 Å². The summed E-state index contributed by atoms with van der Waals surface area (Å²) < 4.78 is 0. The average Bonchev–Trinajstić information content (AvgIpc) is 2.25. The van der Waals surface area contributed by atoms with Crippen molar-refractivity contribution in [3.63, 3.8) is 0 Å². The van der Waals surface area contributed by atoms with E-state index < -0.39 is 0 Å². The molecule has 1 heteroatoms. The predicted molar refractivity (Wildman–Crippen MR) is 75.0 cm³/mol. The van der Waals surface area contributed by atoms with Crippen molar-refractivity contribution in [1.82, 2.24) is 5.32 Å². The lowest BCUT2D eigenvalue weighted by molar-refractivity contribution is 0.294. The summed E-state index contributed by atoms with van der Waals surface area (Å²) in [5, 5.41) is 3.69. The first-order chi connectivity index (χ1) is 7.68. The van der Waals surface area contributed by atoms with Crippen molar-refractivity contribution in [3.8, 4) is 0 Å². The lowest BCUT2D eigenvalue weighted by atomic mass is 9.88. The maximum absolute atomic E-state index is 3.69. The van der Waals surface area contributed by atoms with Gasteiger partial charge in [0.15, 0.2) is 0 Å². The third-order valence-electron chi connectivity index (χ3n) is 3.52. The molecule has 98 valence electrons. The number of hydrogen-bond acceptors (Lipinski definition) is 1. The largest absolute Gasteiger partial charge is 0.312 e. The smallest absolute Gasteiger partial charge is 0.0153 e. The van der Waals surface area contributed by atoms with Crippen LogP contribution in [0.2, 0.25) is 0 Å². The molecule has 16 heavy (non-hydrogen) atoms. The summed E-state index contributed by atoms with van der Waals surface area (Å²) >= 11 is 0. The molecule has 0 aromatic rings. The van der Waals surface area contributed by atoms with Crippen molar-refractivity contribution in [2.24, 2.45) is 0 Å². The third kappa shape index (κ3) is 8.15. The summed E-state index contributed by atoms with van der Waals surface area (Å²) in [5.74, 6) is 0. The molecular formula is C15H33N. The second kappa shape index (κ2) is 10.1. The Morgan fingerprint density at radius 1 is 0.750 bits per heavy atom. The quantitative estimate of drug-likeness (QED) is 0.495. The zero-order chi connectivity index (χ0) is 12.3. The highest BCUT2D eigenvalue weighted by Crippen LogP contribution is 2.22. The van der Waals surface area contributed by atoms with E-state index in [4.69, 9.17) is 0 Å². The fraction of sp³-hybridized carbons (Fsp3) is 1.00. The molecule has 0 bridgehead atoms. The number of hydrogen-bond donors (Lipinski definition) is 1. The Labute approximate surface area is 103 Å². The van der Waals surface area contributed by atoms with Gasteiger partial charge >= 0.3 is 0 Å². The van der Waals surface area contributed by atoms with Gasteiger partial charge in [0, 0.05) is 5.54 Å². The fourth-order valence-electron chi connectivity index (χ4n) is 2.44. The molecule has 1 N–H and O–H groups in total. The molecule has 0 radical (unpaired) electrons. The first-order valence-corrected chi connectivity index (χ1v) is 7.43. The Morgan fingerprint density at radius 2 is 1.25 bits per heavy atom. The van der Waals surface area contributed by atoms with Crippen LogP contribution in [0.15, 0.2) is 0 Å². The molecule has 1 unspecified atom stereocenters. The minimum atomic E-state index is 0.400. The van der Waals surface area contributed by atoms with Gasteiger partial charge in [-0.15, -0.1) is 0 Å². The van der Waals surface area contributed by atoms with Crippen molar-refractivity contribution in [2.75, 3.05) is 6.54 Å². The molecule has 0 saturated carbocycles. The summed E-state index contributed by atoms with van der Waals surface area (Å²) in [7, 11) is 0. The molecule has 0 aromatic carbocycles. The van der Waals surface area contributed by atoms with Crippen molar-refractivity contribution in [1.29, 1.82) is 0 Å². The van der Waals surface area contributed by atoms with Crippen LogP contribution in [-0.2, 0) is 0 Å². The van der Waals surface area contributed by atoms with Crippen molar-refractivity contribution < 1.29 is 0 Å². The van der Waals surface area contributed by atoms with Crippen molar-refractivity contribution >= 4 is 0 Å². The third-order valence-corrected chi connectivity index (χ3v) is 3.52. The first-order valence-electron chi connectivity index (χ1n) is 7.43. The zero-order valence-electron chi connectivity index (χ0n) is 12.1. The minimum Gasteiger partial charge on any atom is -0.312 e. The van der Waals surface area contributed by atoms with Gasteiger partial charge < -0.3 is 5.32 Å². The van der Waals surface area contributed by atoms with E-state index >= 15 is 0 Å². The maximum Gasteiger partial charge on any atom is 0.0153 e. The second-order valence-electron chi connectivity index (χ2n) is 5.36. The van der Waals surface area contributed by atoms with Crippen LogP contribution < -0.4 is 5.32 Å². The van der Waals surface area contributed by atoms with E-state index in [1.165, 1.54) is 57.8 Å². The Kier molecular flexibility index (Phi) is 10.1. The minimum absolute atomic E-state index is 0.400. The summed E-state index contributed by atoms with van der Waals surface area (Å²) in [6.45, 7) is 10.3. The zero-order valence-corrected chi connectivity index (χ0v) is 12.1. The molecule has 0 aliphatic heterocycles. The second-order valence-corrected chi connectivity index (χ2v) is 5.36. The van der Waals surface area contributed by atoms with Gasteiger partial charge in [0.2, 0.25) is 0 Å². The van der Waals surface area contributed by atoms with Gasteiger partial charge in [-0.05, 0) is 26.3 Å². The summed E-state index contributed by atoms with van der Waals surface area (Å²) in [4.78, 5) is 0. The lowest BCUT2D eigenvalue weighted by Crippen LogP contribution is -2.42. The van der Waals surface area contributed by atoms with E-state index in [9.17, 15) is 0 Å². The Hall–Kier alpha value is -0.0400. The molecule has 0 aliphatic carbocycles. The lowest BCUT2D eigenvalue weighted by Gasteiger charge is -2.31. The number of nitrogens with one attached hydrogen (secondary N) is 1. The van der Waals surface area contributed by atoms with Crippen LogP contribution in [0.3, 0.4) is 0 Å². The topological polar surface area (TPSA) is 12.0 Å². The standard InChI is InChI=1S/C15H33N/c1-5-8-10-12-14-15(4,16-7-3)13-11-9-6-2/h16H,5-14H2,1-4H3. The average molecular weight is 227 g/mol. The van der Waals surface area contributed by atoms with E-state index in [0.29, 0.717) is 5.54 Å².